The van der Waals surface area contributed by atoms with Gasteiger partial charge in [-0.15, -0.1) is 0 Å². The number of allylic oxidation sites excluding steroid dienone is 1. The van der Waals surface area contributed by atoms with Crippen LogP contribution in [-0.2, 0) is 11.8 Å². The van der Waals surface area contributed by atoms with Crippen molar-refractivity contribution in [3.05, 3.63) is 59.1 Å². The van der Waals surface area contributed by atoms with Gasteiger partial charge in [-0.1, -0.05) is 18.2 Å². The monoisotopic (exact) mass is 325 g/mol. The number of nitrogens with zero attached hydrogens (tertiary/aromatic N) is 2. The number of aryl methyl sites for hydroxylation is 1. The second-order valence-electron chi connectivity index (χ2n) is 5.70. The molecule has 0 unspecified atom stereocenters. The third-order valence-electron chi connectivity index (χ3n) is 4.13. The molecule has 0 saturated heterocycles. The minimum absolute atomic E-state index is 0.264. The van der Waals surface area contributed by atoms with Crippen molar-refractivity contribution in [2.75, 3.05) is 5.32 Å². The van der Waals surface area contributed by atoms with E-state index in [1.807, 2.05) is 44.3 Å². The SMILES string of the molecule is CC1=C(C(=O)Nc2ccccc2)[C@H](c2cnn(C)c2C)NC(=O)N1. The first-order valence-electron chi connectivity index (χ1n) is 7.60. The summed E-state index contributed by atoms with van der Waals surface area (Å²) in [5.74, 6) is -0.264. The molecule has 3 amide bonds. The Hall–Kier alpha value is -3.09. The summed E-state index contributed by atoms with van der Waals surface area (Å²) in [6, 6.07) is 8.32. The van der Waals surface area contributed by atoms with Crippen LogP contribution >= 0.6 is 0 Å². The van der Waals surface area contributed by atoms with Gasteiger partial charge in [-0.2, -0.15) is 5.10 Å². The molecule has 0 radical (unpaired) electrons. The van der Waals surface area contributed by atoms with Crippen LogP contribution in [0.3, 0.4) is 0 Å². The first-order chi connectivity index (χ1) is 11.5. The minimum Gasteiger partial charge on any atom is -0.327 e. The fraction of sp³-hybridized carbons (Fsp3) is 0.235. The van der Waals surface area contributed by atoms with Crippen molar-refractivity contribution in [2.24, 2.45) is 7.05 Å². The van der Waals surface area contributed by atoms with Crippen LogP contribution in [0.1, 0.15) is 24.2 Å². The Labute approximate surface area is 139 Å². The fourth-order valence-corrected chi connectivity index (χ4v) is 2.75. The minimum atomic E-state index is -0.545. The number of benzene rings is 1. The van der Waals surface area contributed by atoms with Crippen molar-refractivity contribution in [2.45, 2.75) is 19.9 Å². The number of rotatable bonds is 3. The number of aromatic nitrogens is 2. The lowest BCUT2D eigenvalue weighted by Gasteiger charge is -2.28. The number of nitrogens with one attached hydrogen (secondary N) is 3. The van der Waals surface area contributed by atoms with Crippen LogP contribution in [0.4, 0.5) is 10.5 Å². The van der Waals surface area contributed by atoms with E-state index >= 15 is 0 Å². The van der Waals surface area contributed by atoms with E-state index in [-0.39, 0.29) is 11.9 Å². The van der Waals surface area contributed by atoms with Crippen molar-refractivity contribution in [3.63, 3.8) is 0 Å². The van der Waals surface area contributed by atoms with E-state index < -0.39 is 6.04 Å². The Balaban J connectivity index is 1.98. The molecule has 1 aliphatic heterocycles. The van der Waals surface area contributed by atoms with Crippen molar-refractivity contribution in [3.8, 4) is 0 Å². The number of carbonyl (C=O) groups excluding carboxylic acids is 2. The average molecular weight is 325 g/mol. The van der Waals surface area contributed by atoms with Gasteiger partial charge in [0.25, 0.3) is 5.91 Å². The zero-order valence-electron chi connectivity index (χ0n) is 13.8. The van der Waals surface area contributed by atoms with Crippen molar-refractivity contribution in [1.82, 2.24) is 20.4 Å². The van der Waals surface area contributed by atoms with Crippen LogP contribution in [0.25, 0.3) is 0 Å². The molecule has 1 aliphatic rings. The maximum Gasteiger partial charge on any atom is 0.319 e. The van der Waals surface area contributed by atoms with Gasteiger partial charge in [0, 0.05) is 29.7 Å². The molecule has 3 N–H and O–H groups in total. The molecule has 0 aliphatic carbocycles. The molecule has 1 aromatic carbocycles. The summed E-state index contributed by atoms with van der Waals surface area (Å²) in [4.78, 5) is 24.7. The fourth-order valence-electron chi connectivity index (χ4n) is 2.75. The third kappa shape index (κ3) is 2.88. The van der Waals surface area contributed by atoms with Crippen LogP contribution in [0.2, 0.25) is 0 Å². The highest BCUT2D eigenvalue weighted by Gasteiger charge is 2.33. The molecule has 7 heteroatoms. The van der Waals surface area contributed by atoms with Gasteiger partial charge in [-0.25, -0.2) is 4.79 Å². The Morgan fingerprint density at radius 3 is 2.58 bits per heavy atom. The number of para-hydroxylation sites is 1. The second kappa shape index (κ2) is 6.19. The zero-order chi connectivity index (χ0) is 17.3. The highest BCUT2D eigenvalue weighted by atomic mass is 16.2. The molecule has 1 atom stereocenters. The van der Waals surface area contributed by atoms with Crippen molar-refractivity contribution >= 4 is 17.6 Å². The van der Waals surface area contributed by atoms with Crippen LogP contribution < -0.4 is 16.0 Å². The Kier molecular flexibility index (Phi) is 4.07. The highest BCUT2D eigenvalue weighted by Crippen LogP contribution is 2.29. The number of hydrogen-bond donors (Lipinski definition) is 3. The summed E-state index contributed by atoms with van der Waals surface area (Å²) >= 11 is 0. The Bertz CT molecular complexity index is 823. The molecular formula is C17H19N5O2. The molecule has 0 saturated carbocycles. The molecule has 0 spiro atoms. The molecule has 2 aromatic rings. The Morgan fingerprint density at radius 2 is 1.96 bits per heavy atom. The van der Waals surface area contributed by atoms with Gasteiger partial charge >= 0.3 is 6.03 Å². The lowest BCUT2D eigenvalue weighted by atomic mass is 9.95. The van der Waals surface area contributed by atoms with Crippen molar-refractivity contribution < 1.29 is 9.59 Å². The van der Waals surface area contributed by atoms with Crippen LogP contribution in [-0.4, -0.2) is 21.7 Å². The quantitative estimate of drug-likeness (QED) is 0.806. The normalized spacial score (nSPS) is 17.3. The van der Waals surface area contributed by atoms with E-state index in [0.717, 1.165) is 11.3 Å². The third-order valence-corrected chi connectivity index (χ3v) is 4.13. The van der Waals surface area contributed by atoms with E-state index in [9.17, 15) is 9.59 Å². The number of amides is 3. The highest BCUT2D eigenvalue weighted by molar-refractivity contribution is 6.06. The molecule has 0 bridgehead atoms. The summed E-state index contributed by atoms with van der Waals surface area (Å²) in [6.07, 6.45) is 1.68. The summed E-state index contributed by atoms with van der Waals surface area (Å²) < 4.78 is 1.71. The standard InChI is InChI=1S/C17H19N5O2/c1-10-14(16(23)20-12-7-5-4-6-8-12)15(21-17(24)19-10)13-9-18-22(3)11(13)2/h4-9,15H,1-3H3,(H,20,23)(H2,19,21,24)/t15-/m0/s1. The summed E-state index contributed by atoms with van der Waals surface area (Å²) in [7, 11) is 1.82. The molecule has 24 heavy (non-hydrogen) atoms. The molecule has 7 nitrogen and oxygen atoms in total. The average Bonchev–Trinajstić information content (AvgIpc) is 2.87. The first-order valence-corrected chi connectivity index (χ1v) is 7.60. The van der Waals surface area contributed by atoms with Crippen LogP contribution in [0, 0.1) is 6.92 Å². The molecule has 2 heterocycles. The van der Waals surface area contributed by atoms with E-state index in [2.05, 4.69) is 21.0 Å². The second-order valence-corrected chi connectivity index (χ2v) is 5.70. The Morgan fingerprint density at radius 1 is 1.25 bits per heavy atom. The van der Waals surface area contributed by atoms with Gasteiger partial charge in [-0.05, 0) is 26.0 Å². The molecule has 3 rings (SSSR count). The predicted molar refractivity (Wildman–Crippen MR) is 90.1 cm³/mol. The van der Waals surface area contributed by atoms with Gasteiger partial charge in [-0.3, -0.25) is 9.48 Å². The number of anilines is 1. The molecule has 1 aromatic heterocycles. The van der Waals surface area contributed by atoms with Crippen molar-refractivity contribution in [1.29, 1.82) is 0 Å². The smallest absolute Gasteiger partial charge is 0.319 e. The first kappa shape index (κ1) is 15.8. The van der Waals surface area contributed by atoms with Gasteiger partial charge in [0.1, 0.15) is 0 Å². The molecule has 0 fully saturated rings. The van der Waals surface area contributed by atoms with Crippen LogP contribution in [0.15, 0.2) is 47.8 Å². The van der Waals surface area contributed by atoms with Crippen LogP contribution in [0.5, 0.6) is 0 Å². The van der Waals surface area contributed by atoms with Gasteiger partial charge in [0.15, 0.2) is 0 Å². The summed E-state index contributed by atoms with van der Waals surface area (Å²) in [5, 5.41) is 12.6. The van der Waals surface area contributed by atoms with E-state index in [1.165, 1.54) is 0 Å². The maximum atomic E-state index is 12.8. The number of urea groups is 1. The maximum absolute atomic E-state index is 12.8. The van der Waals surface area contributed by atoms with Gasteiger partial charge in [0.05, 0.1) is 17.8 Å². The van der Waals surface area contributed by atoms with E-state index in [1.54, 1.807) is 17.8 Å². The number of carbonyl (C=O) groups is 2. The summed E-state index contributed by atoms with van der Waals surface area (Å²) in [6.45, 7) is 3.62. The van der Waals surface area contributed by atoms with E-state index in [0.29, 0.717) is 17.0 Å². The number of hydrogen-bond acceptors (Lipinski definition) is 3. The molecular weight excluding hydrogens is 306 g/mol. The van der Waals surface area contributed by atoms with Gasteiger partial charge < -0.3 is 16.0 Å². The lowest BCUT2D eigenvalue weighted by molar-refractivity contribution is -0.113. The lowest BCUT2D eigenvalue weighted by Crippen LogP contribution is -2.46. The molecule has 124 valence electrons. The predicted octanol–water partition coefficient (Wildman–Crippen LogP) is 2.00. The topological polar surface area (TPSA) is 88.1 Å². The van der Waals surface area contributed by atoms with Gasteiger partial charge in [0.2, 0.25) is 0 Å². The summed E-state index contributed by atoms with van der Waals surface area (Å²) in [5.41, 5.74) is 3.38. The zero-order valence-corrected chi connectivity index (χ0v) is 13.8. The largest absolute Gasteiger partial charge is 0.327 e. The van der Waals surface area contributed by atoms with E-state index in [4.69, 9.17) is 0 Å².